The lowest BCUT2D eigenvalue weighted by molar-refractivity contribution is 0.0596. The van der Waals surface area contributed by atoms with Gasteiger partial charge in [0.05, 0.1) is 7.11 Å². The number of nitrogens with zero attached hydrogens (tertiary/aromatic N) is 1. The second kappa shape index (κ2) is 4.96. The molecule has 0 saturated carbocycles. The molecule has 2 aromatic rings. The average Bonchev–Trinajstić information content (AvgIpc) is 2.74. The molecule has 94 valence electrons. The zero-order chi connectivity index (χ0) is 13.3. The van der Waals surface area contributed by atoms with Crippen molar-refractivity contribution < 1.29 is 9.53 Å². The molecule has 0 radical (unpaired) electrons. The molecule has 0 amide bonds. The standard InChI is InChI=1S/C12H11ClN2O2S/c1-6-5-7(3-4-8(6)13)11-15-9(10(14)18-11)12(16)17-2/h3-5H,14H2,1-2H3. The number of nitrogens with two attached hydrogens (primary N) is 1. The number of halogens is 1. The number of nitrogen functional groups attached to an aromatic ring is 1. The minimum atomic E-state index is -0.527. The molecule has 2 rings (SSSR count). The van der Waals surface area contributed by atoms with E-state index in [0.29, 0.717) is 15.0 Å². The summed E-state index contributed by atoms with van der Waals surface area (Å²) in [5.74, 6) is -0.527. The number of anilines is 1. The molecule has 0 unspecified atom stereocenters. The van der Waals surface area contributed by atoms with Crippen LogP contribution in [-0.2, 0) is 4.74 Å². The second-order valence-electron chi connectivity index (χ2n) is 3.69. The molecule has 0 aliphatic heterocycles. The van der Waals surface area contributed by atoms with E-state index in [-0.39, 0.29) is 5.69 Å². The summed E-state index contributed by atoms with van der Waals surface area (Å²) >= 11 is 7.21. The minimum absolute atomic E-state index is 0.158. The van der Waals surface area contributed by atoms with Gasteiger partial charge in [0.15, 0.2) is 5.69 Å². The Hall–Kier alpha value is -1.59. The Balaban J connectivity index is 2.45. The van der Waals surface area contributed by atoms with Crippen LogP contribution < -0.4 is 5.73 Å². The number of hydrogen-bond acceptors (Lipinski definition) is 5. The maximum atomic E-state index is 11.4. The van der Waals surface area contributed by atoms with Crippen molar-refractivity contribution in [3.8, 4) is 10.6 Å². The van der Waals surface area contributed by atoms with Gasteiger partial charge in [-0.2, -0.15) is 0 Å². The van der Waals surface area contributed by atoms with Gasteiger partial charge in [-0.3, -0.25) is 0 Å². The fraction of sp³-hybridized carbons (Fsp3) is 0.167. The molecule has 1 aromatic heterocycles. The molecule has 0 atom stereocenters. The van der Waals surface area contributed by atoms with Crippen LogP contribution in [0.1, 0.15) is 16.1 Å². The molecule has 0 aliphatic carbocycles. The minimum Gasteiger partial charge on any atom is -0.464 e. The molecular weight excluding hydrogens is 272 g/mol. The number of carbonyl (C=O) groups is 1. The van der Waals surface area contributed by atoms with Gasteiger partial charge in [-0.25, -0.2) is 9.78 Å². The molecule has 6 heteroatoms. The molecule has 2 N–H and O–H groups in total. The fourth-order valence-corrected chi connectivity index (χ4v) is 2.41. The van der Waals surface area contributed by atoms with Crippen LogP contribution in [0.25, 0.3) is 10.6 Å². The zero-order valence-electron chi connectivity index (χ0n) is 9.86. The quantitative estimate of drug-likeness (QED) is 0.860. The van der Waals surface area contributed by atoms with Crippen molar-refractivity contribution in [2.24, 2.45) is 0 Å². The number of ether oxygens (including phenoxy) is 1. The summed E-state index contributed by atoms with van der Waals surface area (Å²) in [6, 6.07) is 5.54. The van der Waals surface area contributed by atoms with Crippen LogP contribution in [-0.4, -0.2) is 18.1 Å². The molecule has 18 heavy (non-hydrogen) atoms. The molecule has 0 bridgehead atoms. The summed E-state index contributed by atoms with van der Waals surface area (Å²) in [7, 11) is 1.30. The monoisotopic (exact) mass is 282 g/mol. The van der Waals surface area contributed by atoms with Crippen molar-refractivity contribution in [2.45, 2.75) is 6.92 Å². The molecule has 0 fully saturated rings. The number of methoxy groups -OCH3 is 1. The van der Waals surface area contributed by atoms with Crippen LogP contribution in [0.2, 0.25) is 5.02 Å². The van der Waals surface area contributed by atoms with E-state index in [9.17, 15) is 4.79 Å². The van der Waals surface area contributed by atoms with Crippen molar-refractivity contribution in [3.05, 3.63) is 34.5 Å². The second-order valence-corrected chi connectivity index (χ2v) is 5.13. The van der Waals surface area contributed by atoms with Gasteiger partial charge in [-0.1, -0.05) is 29.0 Å². The Morgan fingerprint density at radius 3 is 2.83 bits per heavy atom. The van der Waals surface area contributed by atoms with Crippen LogP contribution in [0.3, 0.4) is 0 Å². The van der Waals surface area contributed by atoms with Gasteiger partial charge in [0.25, 0.3) is 0 Å². The number of esters is 1. The van der Waals surface area contributed by atoms with E-state index in [0.717, 1.165) is 11.1 Å². The summed E-state index contributed by atoms with van der Waals surface area (Å²) in [6.07, 6.45) is 0. The van der Waals surface area contributed by atoms with Gasteiger partial charge in [-0.05, 0) is 24.6 Å². The third kappa shape index (κ3) is 2.32. The third-order valence-electron chi connectivity index (χ3n) is 2.44. The Kier molecular flexibility index (Phi) is 3.54. The van der Waals surface area contributed by atoms with Crippen LogP contribution in [0.4, 0.5) is 5.00 Å². The maximum Gasteiger partial charge on any atom is 0.359 e. The maximum absolute atomic E-state index is 11.4. The summed E-state index contributed by atoms with van der Waals surface area (Å²) < 4.78 is 4.61. The van der Waals surface area contributed by atoms with Crippen molar-refractivity contribution >= 4 is 33.9 Å². The number of thiazole rings is 1. The normalized spacial score (nSPS) is 10.4. The van der Waals surface area contributed by atoms with Crippen molar-refractivity contribution in [3.63, 3.8) is 0 Å². The molecule has 0 saturated heterocycles. The highest BCUT2D eigenvalue weighted by Crippen LogP contribution is 2.32. The summed E-state index contributed by atoms with van der Waals surface area (Å²) in [5.41, 5.74) is 7.74. The van der Waals surface area contributed by atoms with Crippen LogP contribution in [0.15, 0.2) is 18.2 Å². The van der Waals surface area contributed by atoms with Gasteiger partial charge in [0.1, 0.15) is 10.0 Å². The van der Waals surface area contributed by atoms with Gasteiger partial charge < -0.3 is 10.5 Å². The smallest absolute Gasteiger partial charge is 0.359 e. The zero-order valence-corrected chi connectivity index (χ0v) is 11.4. The van der Waals surface area contributed by atoms with E-state index in [1.165, 1.54) is 18.4 Å². The van der Waals surface area contributed by atoms with Crippen LogP contribution >= 0.6 is 22.9 Å². The lowest BCUT2D eigenvalue weighted by Gasteiger charge is -2.00. The van der Waals surface area contributed by atoms with E-state index in [4.69, 9.17) is 17.3 Å². The Morgan fingerprint density at radius 2 is 2.22 bits per heavy atom. The number of carbonyl (C=O) groups excluding carboxylic acids is 1. The summed E-state index contributed by atoms with van der Waals surface area (Å²) in [5, 5.41) is 1.72. The highest BCUT2D eigenvalue weighted by atomic mass is 35.5. The number of aromatic nitrogens is 1. The molecule has 4 nitrogen and oxygen atoms in total. The highest BCUT2D eigenvalue weighted by Gasteiger charge is 2.17. The van der Waals surface area contributed by atoms with E-state index >= 15 is 0 Å². The predicted octanol–water partition coefficient (Wildman–Crippen LogP) is 3.14. The van der Waals surface area contributed by atoms with E-state index in [1.807, 2.05) is 19.1 Å². The summed E-state index contributed by atoms with van der Waals surface area (Å²) in [4.78, 5) is 15.6. The lowest BCUT2D eigenvalue weighted by Crippen LogP contribution is -2.04. The Morgan fingerprint density at radius 1 is 1.50 bits per heavy atom. The number of benzene rings is 1. The van der Waals surface area contributed by atoms with Crippen molar-refractivity contribution in [1.29, 1.82) is 0 Å². The molecular formula is C12H11ClN2O2S. The van der Waals surface area contributed by atoms with E-state index < -0.39 is 5.97 Å². The first-order chi connectivity index (χ1) is 8.52. The van der Waals surface area contributed by atoms with Gasteiger partial charge >= 0.3 is 5.97 Å². The average molecular weight is 283 g/mol. The lowest BCUT2D eigenvalue weighted by atomic mass is 10.1. The van der Waals surface area contributed by atoms with Gasteiger partial charge in [0.2, 0.25) is 0 Å². The van der Waals surface area contributed by atoms with Crippen molar-refractivity contribution in [2.75, 3.05) is 12.8 Å². The molecule has 1 heterocycles. The summed E-state index contributed by atoms with van der Waals surface area (Å²) in [6.45, 7) is 1.91. The molecule has 0 spiro atoms. The SMILES string of the molecule is COC(=O)c1nc(-c2ccc(Cl)c(C)c2)sc1N. The first-order valence-electron chi connectivity index (χ1n) is 5.14. The Labute approximate surface area is 113 Å². The Bertz CT molecular complexity index is 610. The van der Waals surface area contributed by atoms with Gasteiger partial charge in [-0.15, -0.1) is 0 Å². The predicted molar refractivity (Wildman–Crippen MR) is 73.0 cm³/mol. The largest absolute Gasteiger partial charge is 0.464 e. The van der Waals surface area contributed by atoms with Crippen LogP contribution in [0, 0.1) is 6.92 Å². The first kappa shape index (κ1) is 12.9. The number of rotatable bonds is 2. The van der Waals surface area contributed by atoms with E-state index in [2.05, 4.69) is 9.72 Å². The first-order valence-corrected chi connectivity index (χ1v) is 6.33. The third-order valence-corrected chi connectivity index (χ3v) is 3.79. The topological polar surface area (TPSA) is 65.2 Å². The highest BCUT2D eigenvalue weighted by molar-refractivity contribution is 7.19. The van der Waals surface area contributed by atoms with Crippen LogP contribution in [0.5, 0.6) is 0 Å². The molecule has 1 aromatic carbocycles. The molecule has 0 aliphatic rings. The van der Waals surface area contributed by atoms with Crippen molar-refractivity contribution in [1.82, 2.24) is 4.98 Å². The number of hydrogen-bond donors (Lipinski definition) is 1. The fourth-order valence-electron chi connectivity index (χ4n) is 1.48. The van der Waals surface area contributed by atoms with E-state index in [1.54, 1.807) is 6.07 Å². The van der Waals surface area contributed by atoms with Gasteiger partial charge in [0, 0.05) is 10.6 Å². The number of aryl methyl sites for hydroxylation is 1.